The van der Waals surface area contributed by atoms with Gasteiger partial charge in [0.15, 0.2) is 0 Å². The van der Waals surface area contributed by atoms with E-state index in [0.717, 1.165) is 29.5 Å². The quantitative estimate of drug-likeness (QED) is 0.629. The molecule has 0 amide bonds. The summed E-state index contributed by atoms with van der Waals surface area (Å²) < 4.78 is 0. The predicted octanol–water partition coefficient (Wildman–Crippen LogP) is 2.97. The summed E-state index contributed by atoms with van der Waals surface area (Å²) in [6.45, 7) is 6.02. The highest BCUT2D eigenvalue weighted by molar-refractivity contribution is 6.03. The van der Waals surface area contributed by atoms with Crippen molar-refractivity contribution in [2.75, 3.05) is 23.7 Å². The lowest BCUT2D eigenvalue weighted by Crippen LogP contribution is -2.22. The van der Waals surface area contributed by atoms with Gasteiger partial charge < -0.3 is 15.7 Å². The third kappa shape index (κ3) is 1.88. The molecule has 0 aliphatic rings. The van der Waals surface area contributed by atoms with Gasteiger partial charge >= 0.3 is 0 Å². The fourth-order valence-electron chi connectivity index (χ4n) is 2.19. The molecule has 0 aliphatic heterocycles. The van der Waals surface area contributed by atoms with Crippen LogP contribution in [0.25, 0.3) is 10.8 Å². The smallest absolute Gasteiger partial charge is 0.141 e. The summed E-state index contributed by atoms with van der Waals surface area (Å²) in [5, 5.41) is 11.9. The second-order valence-corrected chi connectivity index (χ2v) is 4.05. The number of benzene rings is 2. The largest absolute Gasteiger partial charge is 0.506 e. The van der Waals surface area contributed by atoms with E-state index < -0.39 is 0 Å². The second kappa shape index (κ2) is 4.53. The number of phenols is 1. The van der Waals surface area contributed by atoms with Gasteiger partial charge in [0.2, 0.25) is 0 Å². The number of hydrogen-bond donors (Lipinski definition) is 2. The summed E-state index contributed by atoms with van der Waals surface area (Å²) in [5.41, 5.74) is 7.40. The average molecular weight is 230 g/mol. The molecule has 0 spiro atoms. The minimum Gasteiger partial charge on any atom is -0.506 e. The predicted molar refractivity (Wildman–Crippen MR) is 73.6 cm³/mol. The van der Waals surface area contributed by atoms with Crippen LogP contribution in [0.15, 0.2) is 30.3 Å². The van der Waals surface area contributed by atoms with Gasteiger partial charge in [-0.25, -0.2) is 0 Å². The minimum atomic E-state index is 0.158. The Morgan fingerprint density at radius 1 is 1.12 bits per heavy atom. The zero-order chi connectivity index (χ0) is 12.4. The molecule has 3 heteroatoms. The molecule has 3 N–H and O–H groups in total. The van der Waals surface area contributed by atoms with Crippen molar-refractivity contribution in [2.24, 2.45) is 0 Å². The number of fused-ring (bicyclic) bond motifs is 1. The van der Waals surface area contributed by atoms with Crippen LogP contribution in [0.4, 0.5) is 11.4 Å². The number of anilines is 2. The fraction of sp³-hybridized carbons (Fsp3) is 0.286. The average Bonchev–Trinajstić information content (AvgIpc) is 2.37. The Labute approximate surface area is 101 Å². The van der Waals surface area contributed by atoms with E-state index in [1.54, 1.807) is 6.07 Å². The van der Waals surface area contributed by atoms with Crippen molar-refractivity contribution < 1.29 is 5.11 Å². The number of aromatic hydroxyl groups is 1. The van der Waals surface area contributed by atoms with Gasteiger partial charge in [0.05, 0.1) is 5.69 Å². The summed E-state index contributed by atoms with van der Waals surface area (Å²) in [6.07, 6.45) is 0. The van der Waals surface area contributed by atoms with Gasteiger partial charge in [0, 0.05) is 35.6 Å². The molecule has 2 aromatic carbocycles. The highest BCUT2D eigenvalue weighted by Crippen LogP contribution is 2.37. The van der Waals surface area contributed by atoms with Gasteiger partial charge in [-0.15, -0.1) is 0 Å². The van der Waals surface area contributed by atoms with Crippen LogP contribution in [-0.2, 0) is 0 Å². The van der Waals surface area contributed by atoms with E-state index in [1.165, 1.54) is 0 Å². The lowest BCUT2D eigenvalue weighted by atomic mass is 10.1. The monoisotopic (exact) mass is 230 g/mol. The molecule has 0 heterocycles. The van der Waals surface area contributed by atoms with Crippen LogP contribution in [0, 0.1) is 0 Å². The molecule has 0 aromatic heterocycles. The van der Waals surface area contributed by atoms with Crippen molar-refractivity contribution in [1.82, 2.24) is 0 Å². The molecule has 2 rings (SSSR count). The molecule has 0 aliphatic carbocycles. The topological polar surface area (TPSA) is 49.5 Å². The van der Waals surface area contributed by atoms with Crippen molar-refractivity contribution in [3.8, 4) is 5.75 Å². The highest BCUT2D eigenvalue weighted by Gasteiger charge is 2.12. The van der Waals surface area contributed by atoms with E-state index in [-0.39, 0.29) is 5.75 Å². The molecule has 0 unspecified atom stereocenters. The van der Waals surface area contributed by atoms with Crippen LogP contribution in [0.2, 0.25) is 0 Å². The molecule has 90 valence electrons. The zero-order valence-electron chi connectivity index (χ0n) is 10.3. The Hall–Kier alpha value is -1.90. The first kappa shape index (κ1) is 11.6. The molecule has 0 saturated heterocycles. The molecular formula is C14H18N2O. The fourth-order valence-corrected chi connectivity index (χ4v) is 2.19. The summed E-state index contributed by atoms with van der Waals surface area (Å²) in [6, 6.07) is 9.66. The van der Waals surface area contributed by atoms with Crippen molar-refractivity contribution >= 4 is 22.1 Å². The number of hydrogen-bond acceptors (Lipinski definition) is 3. The van der Waals surface area contributed by atoms with Crippen LogP contribution >= 0.6 is 0 Å². The van der Waals surface area contributed by atoms with E-state index in [0.29, 0.717) is 5.69 Å². The van der Waals surface area contributed by atoms with E-state index in [9.17, 15) is 5.11 Å². The van der Waals surface area contributed by atoms with E-state index >= 15 is 0 Å². The molecular weight excluding hydrogens is 212 g/mol. The molecule has 0 atom stereocenters. The molecule has 0 radical (unpaired) electrons. The van der Waals surface area contributed by atoms with E-state index in [4.69, 9.17) is 5.73 Å². The van der Waals surface area contributed by atoms with Crippen LogP contribution in [0.3, 0.4) is 0 Å². The molecule has 0 fully saturated rings. The van der Waals surface area contributed by atoms with Gasteiger partial charge in [-0.05, 0) is 13.8 Å². The molecule has 0 bridgehead atoms. The molecule has 3 nitrogen and oxygen atoms in total. The molecule has 2 aromatic rings. The normalized spacial score (nSPS) is 10.7. The summed E-state index contributed by atoms with van der Waals surface area (Å²) >= 11 is 0. The maximum absolute atomic E-state index is 9.89. The number of rotatable bonds is 3. The van der Waals surface area contributed by atoms with Crippen LogP contribution in [-0.4, -0.2) is 18.2 Å². The second-order valence-electron chi connectivity index (χ2n) is 4.05. The summed E-state index contributed by atoms with van der Waals surface area (Å²) in [7, 11) is 0. The molecule has 17 heavy (non-hydrogen) atoms. The Kier molecular flexibility index (Phi) is 3.09. The summed E-state index contributed by atoms with van der Waals surface area (Å²) in [4.78, 5) is 2.21. The van der Waals surface area contributed by atoms with E-state index in [1.807, 2.05) is 24.3 Å². The Balaban J connectivity index is 2.75. The lowest BCUT2D eigenvalue weighted by Gasteiger charge is -2.23. The Morgan fingerprint density at radius 2 is 1.71 bits per heavy atom. The summed E-state index contributed by atoms with van der Waals surface area (Å²) in [5.74, 6) is 0.158. The molecule has 0 saturated carbocycles. The first-order chi connectivity index (χ1) is 8.19. The third-order valence-corrected chi connectivity index (χ3v) is 3.15. The maximum atomic E-state index is 9.89. The number of phenolic OH excluding ortho intramolecular Hbond substituents is 1. The third-order valence-electron chi connectivity index (χ3n) is 3.15. The van der Waals surface area contributed by atoms with Gasteiger partial charge in [-0.1, -0.05) is 24.3 Å². The van der Waals surface area contributed by atoms with Crippen molar-refractivity contribution in [3.63, 3.8) is 0 Å². The van der Waals surface area contributed by atoms with Crippen LogP contribution in [0.5, 0.6) is 5.75 Å². The van der Waals surface area contributed by atoms with Gasteiger partial charge in [-0.2, -0.15) is 0 Å². The van der Waals surface area contributed by atoms with Crippen molar-refractivity contribution in [2.45, 2.75) is 13.8 Å². The number of nitrogen functional groups attached to an aromatic ring is 1. The zero-order valence-corrected chi connectivity index (χ0v) is 10.3. The van der Waals surface area contributed by atoms with Gasteiger partial charge in [-0.3, -0.25) is 0 Å². The maximum Gasteiger partial charge on any atom is 0.141 e. The first-order valence-electron chi connectivity index (χ1n) is 5.94. The minimum absolute atomic E-state index is 0.158. The number of nitrogens with two attached hydrogens (primary N) is 1. The van der Waals surface area contributed by atoms with E-state index in [2.05, 4.69) is 18.7 Å². The lowest BCUT2D eigenvalue weighted by molar-refractivity contribution is 0.478. The highest BCUT2D eigenvalue weighted by atomic mass is 16.3. The number of nitrogens with zero attached hydrogens (tertiary/aromatic N) is 1. The Bertz CT molecular complexity index is 533. The van der Waals surface area contributed by atoms with Crippen molar-refractivity contribution in [3.05, 3.63) is 30.3 Å². The Morgan fingerprint density at radius 3 is 2.29 bits per heavy atom. The van der Waals surface area contributed by atoms with Crippen LogP contribution in [0.1, 0.15) is 13.8 Å². The first-order valence-corrected chi connectivity index (χ1v) is 5.94. The van der Waals surface area contributed by atoms with Crippen molar-refractivity contribution in [1.29, 1.82) is 0 Å². The van der Waals surface area contributed by atoms with Crippen LogP contribution < -0.4 is 10.6 Å². The standard InChI is InChI=1S/C14H18N2O/c1-3-16(4-2)12-9-13(17)14(15)11-8-6-5-7-10(11)12/h5-9,17H,3-4,15H2,1-2H3. The van der Waals surface area contributed by atoms with Gasteiger partial charge in [0.25, 0.3) is 0 Å². The van der Waals surface area contributed by atoms with Gasteiger partial charge in [0.1, 0.15) is 5.75 Å². The SMILES string of the molecule is CCN(CC)c1cc(O)c(N)c2ccccc12.